The predicted molar refractivity (Wildman–Crippen MR) is 239 cm³/mol. The van der Waals surface area contributed by atoms with Crippen LogP contribution < -0.4 is 0 Å². The van der Waals surface area contributed by atoms with E-state index in [-0.39, 0.29) is 0 Å². The van der Waals surface area contributed by atoms with E-state index in [1.165, 1.54) is 90.4 Å². The van der Waals surface area contributed by atoms with Gasteiger partial charge in [0.1, 0.15) is 0 Å². The smallest absolute Gasteiger partial charge is 0.0569 e. The lowest BCUT2D eigenvalue weighted by Gasteiger charge is -2.59. The number of hydrogen-bond donors (Lipinski definition) is 0. The molecule has 4 nitrogen and oxygen atoms in total. The Morgan fingerprint density at radius 2 is 0.643 bits per heavy atom. The summed E-state index contributed by atoms with van der Waals surface area (Å²) >= 11 is 0. The molecule has 10 fully saturated rings. The second-order valence-corrected chi connectivity index (χ2v) is 27.8. The van der Waals surface area contributed by atoms with Crippen molar-refractivity contribution in [2.75, 3.05) is 52.6 Å². The number of ether oxygens (including phenoxy) is 2. The Kier molecular flexibility index (Phi) is 12.7. The van der Waals surface area contributed by atoms with E-state index in [0.29, 0.717) is 38.2 Å². The van der Waals surface area contributed by atoms with E-state index in [1.807, 2.05) is 0 Å². The summed E-state index contributed by atoms with van der Waals surface area (Å²) in [5.74, 6) is 3.09. The molecule has 10 rings (SSSR count). The highest BCUT2D eigenvalue weighted by Crippen LogP contribution is 2.64. The van der Waals surface area contributed by atoms with Gasteiger partial charge in [-0.25, -0.2) is 0 Å². The van der Waals surface area contributed by atoms with Gasteiger partial charge in [0, 0.05) is 54.7 Å². The summed E-state index contributed by atoms with van der Waals surface area (Å²) in [6.45, 7) is 44.2. The van der Waals surface area contributed by atoms with Crippen molar-refractivity contribution in [2.24, 2.45) is 61.1 Å². The van der Waals surface area contributed by atoms with Crippen molar-refractivity contribution in [3.63, 3.8) is 0 Å². The molecule has 10 aliphatic rings. The van der Waals surface area contributed by atoms with Crippen LogP contribution in [0.4, 0.5) is 0 Å². The second kappa shape index (κ2) is 15.6. The molecule has 4 saturated heterocycles. The fraction of sp³-hybridized carbons (Fsp3) is 1.00. The van der Waals surface area contributed by atoms with Gasteiger partial charge in [-0.2, -0.15) is 0 Å². The third-order valence-electron chi connectivity index (χ3n) is 18.0. The van der Waals surface area contributed by atoms with E-state index in [9.17, 15) is 0 Å². The number of likely N-dealkylation sites (tertiary alicyclic amines) is 2. The highest BCUT2D eigenvalue weighted by molar-refractivity contribution is 5.05. The summed E-state index contributed by atoms with van der Waals surface area (Å²) in [7, 11) is 0. The van der Waals surface area contributed by atoms with Crippen molar-refractivity contribution in [3.8, 4) is 0 Å². The molecule has 6 saturated carbocycles. The van der Waals surface area contributed by atoms with Gasteiger partial charge >= 0.3 is 0 Å². The zero-order chi connectivity index (χ0) is 41.3. The zero-order valence-corrected chi connectivity index (χ0v) is 40.4. The van der Waals surface area contributed by atoms with E-state index >= 15 is 0 Å². The maximum absolute atomic E-state index is 5.44. The van der Waals surface area contributed by atoms with Crippen LogP contribution >= 0.6 is 0 Å². The van der Waals surface area contributed by atoms with Gasteiger partial charge in [-0.15, -0.1) is 0 Å². The molecule has 6 aliphatic carbocycles. The molecule has 326 valence electrons. The minimum absolute atomic E-state index is 0.355. The monoisotopic (exact) mass is 781 g/mol. The summed E-state index contributed by atoms with van der Waals surface area (Å²) in [5, 5.41) is 0. The first-order chi connectivity index (χ1) is 25.6. The molecule has 4 aliphatic heterocycles. The van der Waals surface area contributed by atoms with Crippen molar-refractivity contribution < 1.29 is 9.47 Å². The van der Waals surface area contributed by atoms with Gasteiger partial charge in [-0.05, 0) is 175 Å². The van der Waals surface area contributed by atoms with Crippen LogP contribution in [-0.4, -0.2) is 73.5 Å². The van der Waals surface area contributed by atoms with Crippen LogP contribution in [0.1, 0.15) is 207 Å². The topological polar surface area (TPSA) is 24.9 Å². The largest absolute Gasteiger partial charge is 0.381 e. The maximum Gasteiger partial charge on any atom is 0.0569 e. The molecule has 0 unspecified atom stereocenters. The van der Waals surface area contributed by atoms with E-state index in [4.69, 9.17) is 9.47 Å². The third kappa shape index (κ3) is 10.3. The van der Waals surface area contributed by atoms with Crippen LogP contribution in [0.15, 0.2) is 0 Å². The van der Waals surface area contributed by atoms with Gasteiger partial charge in [0.2, 0.25) is 0 Å². The standard InChI is InChI=1S/3C11H20.C10H19NO.C9H17NO/c3*1-10(2,3)9-7-11(8-9)5-4-6-11;1-9(2,3)11-6-10(7-11)4-5-12-8-10;1-8(2,3)10-4-9(5-10)6-11-7-9/h3*9H,4-8H2,1-3H3;4-8H2,1-3H3;4-7H2,1-3H3. The molecule has 0 aromatic carbocycles. The third-order valence-corrected chi connectivity index (χ3v) is 18.0. The Hall–Kier alpha value is -0.160. The predicted octanol–water partition coefficient (Wildman–Crippen LogP) is 13.5. The number of hydrogen-bond acceptors (Lipinski definition) is 4. The quantitative estimate of drug-likeness (QED) is 0.244. The Bertz CT molecular complexity index is 1090. The van der Waals surface area contributed by atoms with Crippen molar-refractivity contribution in [1.29, 1.82) is 0 Å². The summed E-state index contributed by atoms with van der Waals surface area (Å²) in [5.41, 5.74) is 6.21. The summed E-state index contributed by atoms with van der Waals surface area (Å²) in [6, 6.07) is 0. The fourth-order valence-corrected chi connectivity index (χ4v) is 12.0. The first-order valence-electron chi connectivity index (χ1n) is 24.3. The van der Waals surface area contributed by atoms with E-state index in [2.05, 4.69) is 114 Å². The molecule has 56 heavy (non-hydrogen) atoms. The maximum atomic E-state index is 5.44. The first kappa shape index (κ1) is 45.4. The van der Waals surface area contributed by atoms with Gasteiger partial charge in [0.05, 0.1) is 19.8 Å². The number of nitrogens with zero attached hydrogens (tertiary/aromatic N) is 2. The van der Waals surface area contributed by atoms with E-state index < -0.39 is 0 Å². The second-order valence-electron chi connectivity index (χ2n) is 27.8. The zero-order valence-electron chi connectivity index (χ0n) is 40.4. The van der Waals surface area contributed by atoms with Crippen molar-refractivity contribution in [2.45, 2.75) is 218 Å². The highest BCUT2D eigenvalue weighted by Gasteiger charge is 2.54. The van der Waals surface area contributed by atoms with Gasteiger partial charge < -0.3 is 9.47 Å². The molecule has 5 spiro atoms. The average Bonchev–Trinajstić information content (AvgIpc) is 3.29. The molecular formula is C52H96N2O2. The number of rotatable bonds is 0. The van der Waals surface area contributed by atoms with Gasteiger partial charge in [0.15, 0.2) is 0 Å². The van der Waals surface area contributed by atoms with Crippen LogP contribution in [-0.2, 0) is 9.47 Å². The lowest BCUT2D eigenvalue weighted by atomic mass is 9.47. The van der Waals surface area contributed by atoms with Crippen LogP contribution in [0.25, 0.3) is 0 Å². The van der Waals surface area contributed by atoms with Crippen molar-refractivity contribution >= 4 is 0 Å². The summed E-state index contributed by atoms with van der Waals surface area (Å²) in [6.07, 6.45) is 24.3. The highest BCUT2D eigenvalue weighted by atomic mass is 16.5. The minimum atomic E-state index is 0.355. The minimum Gasteiger partial charge on any atom is -0.381 e. The van der Waals surface area contributed by atoms with Crippen LogP contribution in [0.5, 0.6) is 0 Å². The Labute approximate surface area is 349 Å². The summed E-state index contributed by atoms with van der Waals surface area (Å²) in [4.78, 5) is 5.07. The Morgan fingerprint density at radius 3 is 0.821 bits per heavy atom. The molecule has 0 aromatic rings. The molecule has 4 heteroatoms. The Morgan fingerprint density at radius 1 is 0.357 bits per heavy atom. The van der Waals surface area contributed by atoms with E-state index in [0.717, 1.165) is 60.4 Å². The molecule has 0 N–H and O–H groups in total. The van der Waals surface area contributed by atoms with Crippen LogP contribution in [0.3, 0.4) is 0 Å². The van der Waals surface area contributed by atoms with Crippen LogP contribution in [0, 0.1) is 61.1 Å². The Balaban J connectivity index is 0.000000119. The van der Waals surface area contributed by atoms with Gasteiger partial charge in [0.25, 0.3) is 0 Å². The normalized spacial score (nSPS) is 31.6. The van der Waals surface area contributed by atoms with Gasteiger partial charge in [-0.1, -0.05) is 81.6 Å². The summed E-state index contributed by atoms with van der Waals surface area (Å²) < 4.78 is 10.7. The van der Waals surface area contributed by atoms with Crippen molar-refractivity contribution in [1.82, 2.24) is 9.80 Å². The molecule has 0 bridgehead atoms. The lowest BCUT2D eigenvalue weighted by Crippen LogP contribution is -2.69. The molecule has 4 heterocycles. The average molecular weight is 781 g/mol. The van der Waals surface area contributed by atoms with Gasteiger partial charge in [-0.3, -0.25) is 9.80 Å². The van der Waals surface area contributed by atoms with Crippen LogP contribution in [0.2, 0.25) is 0 Å². The molecule has 0 radical (unpaired) electrons. The molecule has 0 amide bonds. The molecule has 0 aromatic heterocycles. The van der Waals surface area contributed by atoms with E-state index in [1.54, 1.807) is 38.5 Å². The fourth-order valence-electron chi connectivity index (χ4n) is 12.0. The molecular weight excluding hydrogens is 685 g/mol. The van der Waals surface area contributed by atoms with Crippen molar-refractivity contribution in [3.05, 3.63) is 0 Å². The first-order valence-corrected chi connectivity index (χ1v) is 24.3. The lowest BCUT2D eigenvalue weighted by molar-refractivity contribution is -0.207. The SMILES string of the molecule is CC(C)(C)C1CC2(CCC2)C1.CC(C)(C)C1CC2(CCC2)C1.CC(C)(C)C1CC2(CCC2)C1.CC(C)(C)N1CC2(CCOC2)C1.CC(C)(C)N1CC2(COC2)C1. The molecule has 0 atom stereocenters.